The molecule has 0 N–H and O–H groups in total. The van der Waals surface area contributed by atoms with E-state index in [0.29, 0.717) is 0 Å². The molecule has 0 saturated carbocycles. The molecular formula is C14H21F3N2O3S. The second-order valence-corrected chi connectivity index (χ2v) is 6.65. The predicted molar refractivity (Wildman–Crippen MR) is 78.0 cm³/mol. The van der Waals surface area contributed by atoms with Crippen molar-refractivity contribution < 1.29 is 30.8 Å². The van der Waals surface area contributed by atoms with Crippen LogP contribution in [0.2, 0.25) is 0 Å². The molecule has 2 heterocycles. The SMILES string of the molecule is CCCCCCC1CN1[n+]1ccccc1.O=S(=O)([O-])C(F)(F)F. The molecule has 0 aliphatic carbocycles. The van der Waals surface area contributed by atoms with Crippen molar-refractivity contribution in [2.45, 2.75) is 50.6 Å². The topological polar surface area (TPSA) is 64.1 Å². The lowest BCUT2D eigenvalue weighted by atomic mass is 10.1. The zero-order chi connectivity index (χ0) is 17.5. The number of hydrogen-bond donors (Lipinski definition) is 0. The first-order valence-electron chi connectivity index (χ1n) is 7.42. The van der Waals surface area contributed by atoms with Gasteiger partial charge in [0.15, 0.2) is 22.5 Å². The van der Waals surface area contributed by atoms with E-state index in [2.05, 4.69) is 47.2 Å². The summed E-state index contributed by atoms with van der Waals surface area (Å²) in [5.41, 5.74) is -5.65. The Labute approximate surface area is 134 Å². The molecule has 1 aliphatic heterocycles. The highest BCUT2D eigenvalue weighted by Crippen LogP contribution is 2.20. The Morgan fingerprint density at radius 3 is 2.22 bits per heavy atom. The van der Waals surface area contributed by atoms with Crippen molar-refractivity contribution in [1.29, 1.82) is 0 Å². The molecule has 1 aromatic rings. The van der Waals surface area contributed by atoms with Gasteiger partial charge in [0.1, 0.15) is 6.04 Å². The molecule has 1 aliphatic rings. The third-order valence-corrected chi connectivity index (χ3v) is 3.92. The highest BCUT2D eigenvalue weighted by Gasteiger charge is 2.40. The summed E-state index contributed by atoms with van der Waals surface area (Å²) in [5, 5.41) is 2.42. The van der Waals surface area contributed by atoms with E-state index >= 15 is 0 Å². The minimum Gasteiger partial charge on any atom is -0.741 e. The Morgan fingerprint density at radius 1 is 1.17 bits per heavy atom. The molecule has 0 aromatic carbocycles. The van der Waals surface area contributed by atoms with Crippen LogP contribution in [0.15, 0.2) is 30.6 Å². The first-order valence-corrected chi connectivity index (χ1v) is 8.83. The number of nitrogens with zero attached hydrogens (tertiary/aromatic N) is 2. The van der Waals surface area contributed by atoms with Crippen molar-refractivity contribution in [2.24, 2.45) is 0 Å². The molecular weight excluding hydrogens is 333 g/mol. The Kier molecular flexibility index (Phi) is 7.27. The Hall–Kier alpha value is -1.35. The summed E-state index contributed by atoms with van der Waals surface area (Å²) in [7, 11) is -6.09. The van der Waals surface area contributed by atoms with Gasteiger partial charge in [-0.25, -0.2) is 8.42 Å². The van der Waals surface area contributed by atoms with Crippen LogP contribution in [-0.4, -0.2) is 31.1 Å². The fourth-order valence-corrected chi connectivity index (χ4v) is 2.06. The van der Waals surface area contributed by atoms with Crippen molar-refractivity contribution in [2.75, 3.05) is 11.6 Å². The lowest BCUT2D eigenvalue weighted by Crippen LogP contribution is -2.45. The Bertz CT molecular complexity index is 564. The number of unbranched alkanes of at least 4 members (excludes halogenated alkanes) is 3. The van der Waals surface area contributed by atoms with Crippen LogP contribution < -0.4 is 9.69 Å². The van der Waals surface area contributed by atoms with Gasteiger partial charge in [-0.3, -0.25) is 0 Å². The molecule has 9 heteroatoms. The average molecular weight is 354 g/mol. The van der Waals surface area contributed by atoms with Gasteiger partial charge in [0.25, 0.3) is 0 Å². The van der Waals surface area contributed by atoms with Crippen LogP contribution in [0.1, 0.15) is 39.0 Å². The Balaban J connectivity index is 0.000000284. The van der Waals surface area contributed by atoms with E-state index in [1.807, 2.05) is 0 Å². The summed E-state index contributed by atoms with van der Waals surface area (Å²) in [6.07, 6.45) is 11.1. The number of rotatable bonds is 6. The summed E-state index contributed by atoms with van der Waals surface area (Å²) in [4.78, 5) is 0. The molecule has 0 amide bonds. The van der Waals surface area contributed by atoms with Crippen LogP contribution in [0, 0.1) is 0 Å². The maximum atomic E-state index is 10.7. The second-order valence-electron chi connectivity index (χ2n) is 5.28. The minimum absolute atomic E-state index is 0.800. The number of alkyl halides is 3. The standard InChI is InChI=1S/C13H21N2.CHF3O3S/c1-2-3-4-6-9-13-12-15(13)14-10-7-5-8-11-14;2-1(3,4)8(5,6)7/h5,7-8,10-11,13H,2-4,6,9,12H2,1H3;(H,5,6,7)/q+1;/p-1. The third-order valence-electron chi connectivity index (χ3n) is 3.36. The molecule has 132 valence electrons. The Morgan fingerprint density at radius 2 is 1.74 bits per heavy atom. The van der Waals surface area contributed by atoms with E-state index in [-0.39, 0.29) is 0 Å². The third kappa shape index (κ3) is 7.17. The van der Waals surface area contributed by atoms with Crippen LogP contribution >= 0.6 is 0 Å². The predicted octanol–water partition coefficient (Wildman–Crippen LogP) is 2.32. The number of pyridine rings is 1. The van der Waals surface area contributed by atoms with Crippen molar-refractivity contribution in [3.63, 3.8) is 0 Å². The minimum atomic E-state index is -6.09. The summed E-state index contributed by atoms with van der Waals surface area (Å²) in [5.74, 6) is 0. The van der Waals surface area contributed by atoms with Crippen molar-refractivity contribution in [3.8, 4) is 0 Å². The first-order chi connectivity index (χ1) is 10.7. The summed E-state index contributed by atoms with van der Waals surface area (Å²) < 4.78 is 61.1. The molecule has 1 saturated heterocycles. The highest BCUT2D eigenvalue weighted by atomic mass is 32.2. The number of halogens is 3. The van der Waals surface area contributed by atoms with Gasteiger partial charge < -0.3 is 4.55 Å². The van der Waals surface area contributed by atoms with E-state index in [0.717, 1.165) is 6.04 Å². The number of hydrogen-bond acceptors (Lipinski definition) is 4. The van der Waals surface area contributed by atoms with Gasteiger partial charge in [0, 0.05) is 12.1 Å². The van der Waals surface area contributed by atoms with Crippen molar-refractivity contribution in [1.82, 2.24) is 0 Å². The van der Waals surface area contributed by atoms with Crippen molar-refractivity contribution >= 4 is 10.1 Å². The second kappa shape index (κ2) is 8.49. The first kappa shape index (κ1) is 19.7. The summed E-state index contributed by atoms with van der Waals surface area (Å²) in [6.45, 7) is 3.50. The van der Waals surface area contributed by atoms with Crippen LogP contribution in [-0.2, 0) is 10.1 Å². The lowest BCUT2D eigenvalue weighted by molar-refractivity contribution is -0.677. The largest absolute Gasteiger partial charge is 0.741 e. The molecule has 0 bridgehead atoms. The molecule has 1 unspecified atom stereocenters. The van der Waals surface area contributed by atoms with E-state index in [1.165, 1.54) is 38.6 Å². The van der Waals surface area contributed by atoms with Gasteiger partial charge >= 0.3 is 5.51 Å². The molecule has 2 rings (SSSR count). The summed E-state index contributed by atoms with van der Waals surface area (Å²) in [6, 6.07) is 7.05. The van der Waals surface area contributed by atoms with E-state index < -0.39 is 15.6 Å². The summed E-state index contributed by atoms with van der Waals surface area (Å²) >= 11 is 0. The maximum absolute atomic E-state index is 10.7. The van der Waals surface area contributed by atoms with Crippen LogP contribution in [0.5, 0.6) is 0 Å². The van der Waals surface area contributed by atoms with Gasteiger partial charge in [0.05, 0.1) is 6.54 Å². The van der Waals surface area contributed by atoms with E-state index in [1.54, 1.807) is 0 Å². The molecule has 1 aromatic heterocycles. The van der Waals surface area contributed by atoms with Gasteiger partial charge in [-0.2, -0.15) is 18.2 Å². The van der Waals surface area contributed by atoms with Crippen LogP contribution in [0.25, 0.3) is 0 Å². The zero-order valence-corrected chi connectivity index (χ0v) is 13.7. The van der Waals surface area contributed by atoms with Gasteiger partial charge in [-0.05, 0) is 6.42 Å². The number of aromatic nitrogens is 1. The fourth-order valence-electron chi connectivity index (χ4n) is 2.06. The van der Waals surface area contributed by atoms with E-state index in [4.69, 9.17) is 13.0 Å². The lowest BCUT2D eigenvalue weighted by Gasteiger charge is -2.08. The van der Waals surface area contributed by atoms with Gasteiger partial charge in [0.2, 0.25) is 0 Å². The van der Waals surface area contributed by atoms with Gasteiger partial charge in [-0.1, -0.05) is 43.3 Å². The molecule has 0 spiro atoms. The molecule has 0 radical (unpaired) electrons. The highest BCUT2D eigenvalue weighted by molar-refractivity contribution is 7.86. The normalized spacial score (nSPS) is 17.4. The molecule has 23 heavy (non-hydrogen) atoms. The monoisotopic (exact) mass is 354 g/mol. The maximum Gasteiger partial charge on any atom is 0.485 e. The zero-order valence-electron chi connectivity index (χ0n) is 12.9. The smallest absolute Gasteiger partial charge is 0.485 e. The van der Waals surface area contributed by atoms with E-state index in [9.17, 15) is 13.2 Å². The fraction of sp³-hybridized carbons (Fsp3) is 0.643. The molecule has 1 atom stereocenters. The average Bonchev–Trinajstić information content (AvgIpc) is 3.23. The van der Waals surface area contributed by atoms with Crippen molar-refractivity contribution in [3.05, 3.63) is 30.6 Å². The van der Waals surface area contributed by atoms with Gasteiger partial charge in [-0.15, -0.1) is 0 Å². The van der Waals surface area contributed by atoms with Crippen LogP contribution in [0.4, 0.5) is 13.2 Å². The molecule has 1 fully saturated rings. The van der Waals surface area contributed by atoms with Crippen LogP contribution in [0.3, 0.4) is 0 Å². The molecule has 5 nitrogen and oxygen atoms in total. The quantitative estimate of drug-likeness (QED) is 0.259.